The SMILES string of the molecule is COc1ccc(N2CCN(CCCN3c4ccccc4Sc4ccc(SC)cc43)CC2)cc1. The van der Waals surface area contributed by atoms with Crippen molar-refractivity contribution in [3.63, 3.8) is 0 Å². The molecule has 0 atom stereocenters. The van der Waals surface area contributed by atoms with Crippen LogP contribution in [0.5, 0.6) is 5.75 Å². The van der Waals surface area contributed by atoms with Gasteiger partial charge in [0, 0.05) is 53.1 Å². The smallest absolute Gasteiger partial charge is 0.119 e. The zero-order valence-corrected chi connectivity index (χ0v) is 21.0. The van der Waals surface area contributed by atoms with Crippen molar-refractivity contribution in [2.24, 2.45) is 0 Å². The first-order valence-corrected chi connectivity index (χ1v) is 13.6. The van der Waals surface area contributed by atoms with E-state index in [1.54, 1.807) is 7.11 Å². The largest absolute Gasteiger partial charge is 0.497 e. The molecule has 0 aliphatic carbocycles. The van der Waals surface area contributed by atoms with Crippen molar-refractivity contribution in [2.75, 3.05) is 62.4 Å². The van der Waals surface area contributed by atoms with Gasteiger partial charge >= 0.3 is 0 Å². The minimum Gasteiger partial charge on any atom is -0.497 e. The molecule has 2 aliphatic heterocycles. The molecule has 0 bridgehead atoms. The van der Waals surface area contributed by atoms with Crippen molar-refractivity contribution in [1.29, 1.82) is 0 Å². The number of anilines is 3. The Bertz CT molecular complexity index is 1080. The second-order valence-corrected chi connectivity index (χ2v) is 10.4. The molecule has 3 aromatic carbocycles. The summed E-state index contributed by atoms with van der Waals surface area (Å²) >= 11 is 3.71. The van der Waals surface area contributed by atoms with Crippen molar-refractivity contribution in [3.8, 4) is 5.75 Å². The molecular weight excluding hydrogens is 446 g/mol. The normalized spacial score (nSPS) is 15.8. The van der Waals surface area contributed by atoms with E-state index in [1.807, 2.05) is 23.5 Å². The molecule has 0 N–H and O–H groups in total. The lowest BCUT2D eigenvalue weighted by Gasteiger charge is -2.37. The summed E-state index contributed by atoms with van der Waals surface area (Å²) in [6.45, 7) is 6.57. The molecule has 4 nitrogen and oxygen atoms in total. The monoisotopic (exact) mass is 477 g/mol. The average Bonchev–Trinajstić information content (AvgIpc) is 2.88. The molecule has 2 aliphatic rings. The van der Waals surface area contributed by atoms with E-state index in [1.165, 1.54) is 31.7 Å². The number of hydrogen-bond acceptors (Lipinski definition) is 6. The maximum absolute atomic E-state index is 5.29. The van der Waals surface area contributed by atoms with E-state index in [0.717, 1.165) is 51.4 Å². The van der Waals surface area contributed by atoms with Crippen LogP contribution in [0.1, 0.15) is 6.42 Å². The number of hydrogen-bond donors (Lipinski definition) is 0. The van der Waals surface area contributed by atoms with Gasteiger partial charge in [-0.05, 0) is 73.8 Å². The molecule has 3 aromatic rings. The first kappa shape index (κ1) is 22.5. The summed E-state index contributed by atoms with van der Waals surface area (Å²) in [6.07, 6.45) is 3.31. The van der Waals surface area contributed by atoms with Gasteiger partial charge < -0.3 is 14.5 Å². The van der Waals surface area contributed by atoms with Gasteiger partial charge in [0.1, 0.15) is 5.75 Å². The lowest BCUT2D eigenvalue weighted by molar-refractivity contribution is 0.256. The van der Waals surface area contributed by atoms with Crippen molar-refractivity contribution in [1.82, 2.24) is 4.90 Å². The van der Waals surface area contributed by atoms with E-state index in [0.29, 0.717) is 0 Å². The van der Waals surface area contributed by atoms with Gasteiger partial charge in [-0.1, -0.05) is 23.9 Å². The second-order valence-electron chi connectivity index (χ2n) is 8.44. The first-order valence-electron chi connectivity index (χ1n) is 11.6. The van der Waals surface area contributed by atoms with E-state index >= 15 is 0 Å². The van der Waals surface area contributed by atoms with Crippen LogP contribution in [0, 0.1) is 0 Å². The molecule has 2 heterocycles. The molecule has 0 unspecified atom stereocenters. The van der Waals surface area contributed by atoms with Gasteiger partial charge in [0.25, 0.3) is 0 Å². The summed E-state index contributed by atoms with van der Waals surface area (Å²) in [4.78, 5) is 11.7. The highest BCUT2D eigenvalue weighted by molar-refractivity contribution is 8.00. The number of fused-ring (bicyclic) bond motifs is 2. The number of methoxy groups -OCH3 is 1. The second kappa shape index (κ2) is 10.3. The maximum Gasteiger partial charge on any atom is 0.119 e. The number of rotatable bonds is 7. The van der Waals surface area contributed by atoms with Gasteiger partial charge in [0.2, 0.25) is 0 Å². The highest BCUT2D eigenvalue weighted by Crippen LogP contribution is 2.48. The Kier molecular flexibility index (Phi) is 7.04. The number of nitrogens with zero attached hydrogens (tertiary/aromatic N) is 3. The quantitative estimate of drug-likeness (QED) is 0.373. The lowest BCUT2D eigenvalue weighted by Crippen LogP contribution is -2.47. The van der Waals surface area contributed by atoms with Crippen LogP contribution in [-0.2, 0) is 0 Å². The van der Waals surface area contributed by atoms with Crippen molar-refractivity contribution in [3.05, 3.63) is 66.7 Å². The zero-order valence-electron chi connectivity index (χ0n) is 19.4. The number of ether oxygens (including phenoxy) is 1. The summed E-state index contributed by atoms with van der Waals surface area (Å²) < 4.78 is 5.29. The minimum atomic E-state index is 0.918. The Hall–Kier alpha value is -2.28. The summed E-state index contributed by atoms with van der Waals surface area (Å²) in [5, 5.41) is 0. The van der Waals surface area contributed by atoms with Gasteiger partial charge in [-0.3, -0.25) is 4.90 Å². The van der Waals surface area contributed by atoms with Crippen LogP contribution >= 0.6 is 23.5 Å². The molecule has 6 heteroatoms. The van der Waals surface area contributed by atoms with E-state index in [9.17, 15) is 0 Å². The van der Waals surface area contributed by atoms with Crippen LogP contribution < -0.4 is 14.5 Å². The maximum atomic E-state index is 5.29. The van der Waals surface area contributed by atoms with E-state index < -0.39 is 0 Å². The van der Waals surface area contributed by atoms with Gasteiger partial charge in [-0.2, -0.15) is 0 Å². The van der Waals surface area contributed by atoms with Gasteiger partial charge in [0.15, 0.2) is 0 Å². The minimum absolute atomic E-state index is 0.918. The van der Waals surface area contributed by atoms with Crippen molar-refractivity contribution < 1.29 is 4.74 Å². The fraction of sp³-hybridized carbons (Fsp3) is 0.333. The lowest BCUT2D eigenvalue weighted by atomic mass is 10.2. The first-order chi connectivity index (χ1) is 16.2. The third-order valence-electron chi connectivity index (χ3n) is 6.50. The van der Waals surface area contributed by atoms with Crippen LogP contribution in [0.3, 0.4) is 0 Å². The Labute approximate surface area is 205 Å². The van der Waals surface area contributed by atoms with Crippen LogP contribution in [0.25, 0.3) is 0 Å². The van der Waals surface area contributed by atoms with Gasteiger partial charge in [0.05, 0.1) is 18.5 Å². The molecule has 1 saturated heterocycles. The number of benzene rings is 3. The molecule has 0 radical (unpaired) electrons. The standard InChI is InChI=1S/C27H31N3OS2/c1-31-22-10-8-21(9-11-22)29-18-16-28(17-19-29)14-5-15-30-24-6-3-4-7-26(24)33-27-13-12-23(32-2)20-25(27)30/h3-4,6-13,20H,5,14-19H2,1-2H3. The number of thioether (sulfide) groups is 1. The summed E-state index contributed by atoms with van der Waals surface area (Å²) in [5.41, 5.74) is 3.99. The van der Waals surface area contributed by atoms with Gasteiger partial charge in [-0.15, -0.1) is 11.8 Å². The average molecular weight is 478 g/mol. The predicted molar refractivity (Wildman–Crippen MR) is 142 cm³/mol. The molecule has 172 valence electrons. The van der Waals surface area contributed by atoms with E-state index in [-0.39, 0.29) is 0 Å². The fourth-order valence-electron chi connectivity index (χ4n) is 4.65. The van der Waals surface area contributed by atoms with Crippen molar-refractivity contribution in [2.45, 2.75) is 21.1 Å². The molecule has 5 rings (SSSR count). The van der Waals surface area contributed by atoms with Crippen LogP contribution in [0.2, 0.25) is 0 Å². The van der Waals surface area contributed by atoms with Crippen molar-refractivity contribution >= 4 is 40.6 Å². The molecule has 0 aromatic heterocycles. The topological polar surface area (TPSA) is 19.0 Å². The zero-order chi connectivity index (χ0) is 22.6. The van der Waals surface area contributed by atoms with E-state index in [2.05, 4.69) is 87.7 Å². The molecule has 0 amide bonds. The molecule has 33 heavy (non-hydrogen) atoms. The van der Waals surface area contributed by atoms with Crippen LogP contribution in [0.15, 0.2) is 81.4 Å². The molecule has 0 saturated carbocycles. The Balaban J connectivity index is 1.20. The van der Waals surface area contributed by atoms with Crippen LogP contribution in [0.4, 0.5) is 17.1 Å². The fourth-order valence-corrected chi connectivity index (χ4v) is 6.16. The molecular formula is C27H31N3OS2. The Morgan fingerprint density at radius 3 is 2.36 bits per heavy atom. The van der Waals surface area contributed by atoms with Crippen LogP contribution in [-0.4, -0.2) is 57.5 Å². The Morgan fingerprint density at radius 2 is 1.61 bits per heavy atom. The summed E-state index contributed by atoms with van der Waals surface area (Å²) in [5.74, 6) is 0.918. The highest BCUT2D eigenvalue weighted by Gasteiger charge is 2.24. The summed E-state index contributed by atoms with van der Waals surface area (Å²) in [7, 11) is 1.72. The highest BCUT2D eigenvalue weighted by atomic mass is 32.2. The van der Waals surface area contributed by atoms with Gasteiger partial charge in [-0.25, -0.2) is 0 Å². The number of para-hydroxylation sites is 1. The van der Waals surface area contributed by atoms with E-state index in [4.69, 9.17) is 4.74 Å². The molecule has 1 fully saturated rings. The third kappa shape index (κ3) is 4.98. The number of piperazine rings is 1. The summed E-state index contributed by atoms with van der Waals surface area (Å²) in [6, 6.07) is 24.1. The Morgan fingerprint density at radius 1 is 0.848 bits per heavy atom. The third-order valence-corrected chi connectivity index (χ3v) is 8.35. The predicted octanol–water partition coefficient (Wildman–Crippen LogP) is 6.23. The molecule has 0 spiro atoms.